The van der Waals surface area contributed by atoms with Crippen LogP contribution in [0.2, 0.25) is 5.02 Å². The Morgan fingerprint density at radius 3 is 2.54 bits per heavy atom. The number of fused-ring (bicyclic) bond motifs is 2. The number of amides is 5. The van der Waals surface area contributed by atoms with E-state index >= 15 is 0 Å². The molecule has 8 rings (SSSR count). The van der Waals surface area contributed by atoms with E-state index in [4.69, 9.17) is 16.3 Å². The molecule has 1 unspecified atom stereocenters. The topological polar surface area (TPSA) is 169 Å². The molecule has 0 saturated carbocycles. The molecule has 3 aromatic carbocycles. The first-order valence-electron chi connectivity index (χ1n) is 23.2. The van der Waals surface area contributed by atoms with E-state index in [1.807, 2.05) is 23.1 Å². The highest BCUT2D eigenvalue weighted by molar-refractivity contribution is 7.99. The fourth-order valence-electron chi connectivity index (χ4n) is 9.37. The van der Waals surface area contributed by atoms with E-state index in [1.54, 1.807) is 34.9 Å². The molecule has 0 spiro atoms. The first-order chi connectivity index (χ1) is 32.5. The first kappa shape index (κ1) is 47.9. The number of thioether (sulfide) groups is 1. The van der Waals surface area contributed by atoms with Gasteiger partial charge in [-0.15, -0.1) is 11.8 Å². The lowest BCUT2D eigenvalue weighted by molar-refractivity contribution is -0.137. The van der Waals surface area contributed by atoms with E-state index in [0.29, 0.717) is 71.4 Å². The van der Waals surface area contributed by atoms with Gasteiger partial charge in [0.15, 0.2) is 0 Å². The maximum absolute atomic E-state index is 13.8. The van der Waals surface area contributed by atoms with Crippen LogP contribution < -0.4 is 20.7 Å². The predicted octanol–water partition coefficient (Wildman–Crippen LogP) is 7.17. The summed E-state index contributed by atoms with van der Waals surface area (Å²) in [5.74, 6) is 0.352. The van der Waals surface area contributed by atoms with Gasteiger partial charge in [-0.1, -0.05) is 37.1 Å². The van der Waals surface area contributed by atoms with Crippen LogP contribution in [0, 0.1) is 5.82 Å². The van der Waals surface area contributed by atoms with Gasteiger partial charge in [-0.05, 0) is 105 Å². The van der Waals surface area contributed by atoms with Crippen molar-refractivity contribution in [3.8, 4) is 5.75 Å². The molecule has 67 heavy (non-hydrogen) atoms. The Morgan fingerprint density at radius 1 is 0.955 bits per heavy atom. The van der Waals surface area contributed by atoms with Gasteiger partial charge in [0, 0.05) is 85.8 Å². The Kier molecular flexibility index (Phi) is 16.0. The molecule has 5 heterocycles. The lowest BCUT2D eigenvalue weighted by atomic mass is 10.0. The second-order valence-electron chi connectivity index (χ2n) is 17.4. The van der Waals surface area contributed by atoms with Crippen LogP contribution in [-0.4, -0.2) is 129 Å². The molecule has 3 N–H and O–H groups in total. The van der Waals surface area contributed by atoms with Gasteiger partial charge in [-0.25, -0.2) is 14.4 Å². The number of piperidine rings is 2. The highest BCUT2D eigenvalue weighted by Crippen LogP contribution is 2.36. The minimum atomic E-state index is -0.616. The lowest BCUT2D eigenvalue weighted by Gasteiger charge is -2.42. The largest absolute Gasteiger partial charge is 0.491 e. The molecule has 3 saturated heterocycles. The summed E-state index contributed by atoms with van der Waals surface area (Å²) in [6.07, 6.45) is 10.7. The minimum absolute atomic E-state index is 0.0195. The van der Waals surface area contributed by atoms with Crippen LogP contribution in [0.5, 0.6) is 5.75 Å². The van der Waals surface area contributed by atoms with Crippen molar-refractivity contribution >= 4 is 81.0 Å². The third-order valence-corrected chi connectivity index (χ3v) is 14.5. The third kappa shape index (κ3) is 11.9. The Labute approximate surface area is 399 Å². The Bertz CT molecular complexity index is 2500. The summed E-state index contributed by atoms with van der Waals surface area (Å²) in [6.45, 7) is 10.6. The van der Waals surface area contributed by atoms with E-state index in [1.165, 1.54) is 24.5 Å². The molecule has 5 amide bonds. The van der Waals surface area contributed by atoms with Gasteiger partial charge in [0.25, 0.3) is 5.91 Å². The number of aromatic nitrogens is 2. The van der Waals surface area contributed by atoms with Gasteiger partial charge >= 0.3 is 0 Å². The van der Waals surface area contributed by atoms with Gasteiger partial charge < -0.3 is 30.1 Å². The van der Waals surface area contributed by atoms with E-state index in [9.17, 15) is 28.4 Å². The van der Waals surface area contributed by atoms with Crippen molar-refractivity contribution in [1.29, 1.82) is 0 Å². The summed E-state index contributed by atoms with van der Waals surface area (Å²) in [7, 11) is 0. The third-order valence-electron chi connectivity index (χ3n) is 13.1. The fraction of sp³-hybridized carbons (Fsp3) is 0.449. The fourth-order valence-corrected chi connectivity index (χ4v) is 10.6. The molecule has 1 atom stereocenters. The molecule has 0 radical (unpaired) electrons. The number of ether oxygens (including phenoxy) is 1. The number of rotatable bonds is 19. The smallest absolute Gasteiger partial charge is 0.255 e. The molecule has 1 aromatic heterocycles. The highest BCUT2D eigenvalue weighted by atomic mass is 35.5. The van der Waals surface area contributed by atoms with Crippen molar-refractivity contribution in [2.24, 2.45) is 0 Å². The summed E-state index contributed by atoms with van der Waals surface area (Å²) in [5, 5.41) is 8.97. The van der Waals surface area contributed by atoms with Crippen molar-refractivity contribution in [2.75, 3.05) is 68.8 Å². The molecule has 15 nitrogen and oxygen atoms in total. The van der Waals surface area contributed by atoms with Crippen LogP contribution in [0.4, 0.5) is 21.6 Å². The summed E-state index contributed by atoms with van der Waals surface area (Å²) in [6, 6.07) is 13.5. The van der Waals surface area contributed by atoms with E-state index in [0.717, 1.165) is 107 Å². The van der Waals surface area contributed by atoms with Gasteiger partial charge in [-0.2, -0.15) is 0 Å². The number of halogens is 2. The molecule has 0 aliphatic carbocycles. The zero-order valence-electron chi connectivity index (χ0n) is 37.6. The van der Waals surface area contributed by atoms with Crippen LogP contribution in [0.15, 0.2) is 72.4 Å². The Morgan fingerprint density at radius 2 is 1.76 bits per heavy atom. The van der Waals surface area contributed by atoms with Crippen molar-refractivity contribution in [3.63, 3.8) is 0 Å². The van der Waals surface area contributed by atoms with Gasteiger partial charge in [0.1, 0.15) is 29.8 Å². The SMILES string of the molecule is C=CC(=O)Nc1cc2c(Nc3ccc(F)c(Cl)c3)ncnc2cc1OCCCN1CCC(N2CCN(C(=O)CCCCCCSc3cccc4c3CN(C3CCC(=O)NC3=O)C4=O)CC2)CC1. The van der Waals surface area contributed by atoms with Crippen molar-refractivity contribution in [3.05, 3.63) is 89.5 Å². The molecular weight excluding hydrogens is 897 g/mol. The minimum Gasteiger partial charge on any atom is -0.491 e. The van der Waals surface area contributed by atoms with Crippen LogP contribution in [-0.2, 0) is 25.7 Å². The number of imide groups is 1. The van der Waals surface area contributed by atoms with Crippen LogP contribution >= 0.6 is 23.4 Å². The number of anilines is 3. The Hall–Kier alpha value is -5.62. The summed E-state index contributed by atoms with van der Waals surface area (Å²) < 4.78 is 20.0. The average molecular weight is 955 g/mol. The maximum atomic E-state index is 13.8. The van der Waals surface area contributed by atoms with Crippen molar-refractivity contribution in [1.82, 2.24) is 34.9 Å². The number of nitrogens with zero attached hydrogens (tertiary/aromatic N) is 6. The van der Waals surface area contributed by atoms with Crippen molar-refractivity contribution < 1.29 is 33.1 Å². The summed E-state index contributed by atoms with van der Waals surface area (Å²) in [4.78, 5) is 81.3. The number of carbonyl (C=O) groups is 5. The number of hydrogen-bond donors (Lipinski definition) is 3. The molecule has 354 valence electrons. The second kappa shape index (κ2) is 22.5. The number of piperazine rings is 1. The molecule has 4 aromatic rings. The van der Waals surface area contributed by atoms with Crippen LogP contribution in [0.1, 0.15) is 80.1 Å². The molecule has 3 fully saturated rings. The first-order valence-corrected chi connectivity index (χ1v) is 24.6. The van der Waals surface area contributed by atoms with E-state index < -0.39 is 17.8 Å². The molecule has 4 aliphatic rings. The van der Waals surface area contributed by atoms with E-state index in [2.05, 4.69) is 42.3 Å². The molecule has 4 aliphatic heterocycles. The number of benzene rings is 3. The summed E-state index contributed by atoms with van der Waals surface area (Å²) in [5.41, 5.74) is 3.20. The summed E-state index contributed by atoms with van der Waals surface area (Å²) >= 11 is 7.72. The standard InChI is InChI=1S/C49H57ClFN9O6S/c1-2-44(61)55-40-28-35-39(52-31-53-47(35)54-32-12-13-38(51)37(50)27-32)29-42(40)66-25-8-18-57-19-16-33(17-20-57)58-21-23-59(24-22-58)46(63)11-5-3-4-6-26-67-43-10-7-9-34-36(43)30-60(49(34)65)41-14-15-45(62)56-48(41)64/h2,7,9-10,12-13,27-29,31,33,41H,1,3-6,8,11,14-26,30H2,(H,55,61)(H,52,53,54)(H,56,62,64). The van der Waals surface area contributed by atoms with Gasteiger partial charge in [-0.3, -0.25) is 34.2 Å². The number of likely N-dealkylation sites (tertiary alicyclic amines) is 1. The quantitative estimate of drug-likeness (QED) is 0.0376. The maximum Gasteiger partial charge on any atom is 0.255 e. The Balaban J connectivity index is 0.703. The van der Waals surface area contributed by atoms with E-state index in [-0.39, 0.29) is 35.1 Å². The van der Waals surface area contributed by atoms with Crippen molar-refractivity contribution in [2.45, 2.75) is 87.7 Å². The molecular formula is C49H57ClFN9O6S. The zero-order chi connectivity index (χ0) is 46.9. The lowest BCUT2D eigenvalue weighted by Crippen LogP contribution is -2.54. The van der Waals surface area contributed by atoms with Gasteiger partial charge in [0.05, 0.1) is 22.8 Å². The predicted molar refractivity (Wildman–Crippen MR) is 257 cm³/mol. The highest BCUT2D eigenvalue weighted by Gasteiger charge is 2.40. The van der Waals surface area contributed by atoms with Crippen LogP contribution in [0.3, 0.4) is 0 Å². The number of hydrogen-bond acceptors (Lipinski definition) is 12. The zero-order valence-corrected chi connectivity index (χ0v) is 39.1. The van der Waals surface area contributed by atoms with Crippen LogP contribution in [0.25, 0.3) is 10.9 Å². The molecule has 0 bridgehead atoms. The van der Waals surface area contributed by atoms with Gasteiger partial charge in [0.2, 0.25) is 23.6 Å². The number of carbonyl (C=O) groups excluding carboxylic acids is 5. The number of unbranched alkanes of at least 4 members (excludes halogenated alkanes) is 3. The molecule has 18 heteroatoms. The average Bonchev–Trinajstić information content (AvgIpc) is 3.67. The normalized spacial score (nSPS) is 18.2. The number of nitrogens with one attached hydrogen (secondary N) is 3. The second-order valence-corrected chi connectivity index (χ2v) is 19.0. The monoisotopic (exact) mass is 953 g/mol.